The first-order chi connectivity index (χ1) is 8.62. The third kappa shape index (κ3) is 5.25. The molecule has 3 nitrogen and oxygen atoms in total. The molecule has 108 valence electrons. The number of hydrogen-bond acceptors (Lipinski definition) is 3. The molecule has 2 unspecified atom stereocenters. The molecular formula is C15H31NO2. The minimum Gasteiger partial charge on any atom is -0.394 e. The molecule has 1 aliphatic carbocycles. The van der Waals surface area contributed by atoms with Crippen molar-refractivity contribution in [1.82, 2.24) is 5.32 Å². The van der Waals surface area contributed by atoms with Crippen molar-refractivity contribution in [2.45, 2.75) is 83.4 Å². The van der Waals surface area contributed by atoms with E-state index in [4.69, 9.17) is 4.74 Å². The Bertz CT molecular complexity index is 221. The molecule has 0 radical (unpaired) electrons. The van der Waals surface area contributed by atoms with E-state index < -0.39 is 0 Å². The second kappa shape index (κ2) is 8.13. The topological polar surface area (TPSA) is 41.5 Å². The summed E-state index contributed by atoms with van der Waals surface area (Å²) in [5.41, 5.74) is -0.0950. The lowest BCUT2D eigenvalue weighted by molar-refractivity contribution is 0.0435. The maximum atomic E-state index is 9.61. The van der Waals surface area contributed by atoms with E-state index in [0.29, 0.717) is 12.1 Å². The van der Waals surface area contributed by atoms with E-state index in [0.717, 1.165) is 25.9 Å². The van der Waals surface area contributed by atoms with E-state index in [1.54, 1.807) is 0 Å². The molecule has 1 rings (SSSR count). The van der Waals surface area contributed by atoms with Crippen LogP contribution in [0.1, 0.15) is 65.7 Å². The van der Waals surface area contributed by atoms with Gasteiger partial charge in [-0.1, -0.05) is 40.0 Å². The van der Waals surface area contributed by atoms with Crippen LogP contribution < -0.4 is 5.32 Å². The third-order valence-corrected chi connectivity index (χ3v) is 3.81. The Hall–Kier alpha value is -0.120. The van der Waals surface area contributed by atoms with Crippen LogP contribution in [-0.4, -0.2) is 36.0 Å². The van der Waals surface area contributed by atoms with Gasteiger partial charge in [0.1, 0.15) is 0 Å². The van der Waals surface area contributed by atoms with Gasteiger partial charge in [-0.05, 0) is 25.7 Å². The highest BCUT2D eigenvalue weighted by Crippen LogP contribution is 2.32. The summed E-state index contributed by atoms with van der Waals surface area (Å²) in [6, 6.07) is 0.417. The maximum absolute atomic E-state index is 9.61. The van der Waals surface area contributed by atoms with Gasteiger partial charge >= 0.3 is 0 Å². The number of aliphatic hydroxyl groups is 1. The fraction of sp³-hybridized carbons (Fsp3) is 1.00. The summed E-state index contributed by atoms with van der Waals surface area (Å²) >= 11 is 0. The molecular weight excluding hydrogens is 226 g/mol. The first kappa shape index (κ1) is 15.9. The Balaban J connectivity index is 2.22. The number of rotatable bonds is 9. The summed E-state index contributed by atoms with van der Waals surface area (Å²) in [5.74, 6) is 0. The zero-order valence-electron chi connectivity index (χ0n) is 12.4. The predicted octanol–water partition coefficient (Wildman–Crippen LogP) is 2.86. The molecule has 2 atom stereocenters. The van der Waals surface area contributed by atoms with E-state index in [-0.39, 0.29) is 12.1 Å². The van der Waals surface area contributed by atoms with Crippen molar-refractivity contribution in [3.8, 4) is 0 Å². The fourth-order valence-corrected chi connectivity index (χ4v) is 2.93. The van der Waals surface area contributed by atoms with Crippen LogP contribution in [0.5, 0.6) is 0 Å². The molecule has 1 saturated carbocycles. The summed E-state index contributed by atoms with van der Waals surface area (Å²) in [6.45, 7) is 7.60. The first-order valence-corrected chi connectivity index (χ1v) is 7.62. The average Bonchev–Trinajstić information content (AvgIpc) is 2.72. The maximum Gasteiger partial charge on any atom is 0.0614 e. The van der Waals surface area contributed by atoms with Crippen LogP contribution >= 0.6 is 0 Å². The number of ether oxygens (including phenoxy) is 1. The van der Waals surface area contributed by atoms with E-state index >= 15 is 0 Å². The lowest BCUT2D eigenvalue weighted by Gasteiger charge is -2.31. The van der Waals surface area contributed by atoms with Gasteiger partial charge in [0.05, 0.1) is 12.7 Å². The lowest BCUT2D eigenvalue weighted by Crippen LogP contribution is -2.50. The number of unbranched alkanes of at least 4 members (excludes halogenated alkanes) is 3. The molecule has 0 heterocycles. The monoisotopic (exact) mass is 257 g/mol. The van der Waals surface area contributed by atoms with Gasteiger partial charge in [0.25, 0.3) is 0 Å². The van der Waals surface area contributed by atoms with Crippen molar-refractivity contribution >= 4 is 0 Å². The summed E-state index contributed by atoms with van der Waals surface area (Å²) in [5, 5.41) is 13.1. The van der Waals surface area contributed by atoms with Crippen molar-refractivity contribution in [2.75, 3.05) is 13.2 Å². The normalized spacial score (nSPS) is 28.2. The molecule has 0 aromatic rings. The Labute approximate surface area is 112 Å². The molecule has 0 aromatic heterocycles. The van der Waals surface area contributed by atoms with Crippen LogP contribution in [0.2, 0.25) is 0 Å². The molecule has 0 aliphatic heterocycles. The first-order valence-electron chi connectivity index (χ1n) is 7.62. The second-order valence-electron chi connectivity index (χ2n) is 6.03. The van der Waals surface area contributed by atoms with Crippen LogP contribution in [-0.2, 0) is 4.74 Å². The summed E-state index contributed by atoms with van der Waals surface area (Å²) < 4.78 is 5.94. The van der Waals surface area contributed by atoms with Gasteiger partial charge in [0.2, 0.25) is 0 Å². The highest BCUT2D eigenvalue weighted by Gasteiger charge is 2.39. The Kier molecular flexibility index (Phi) is 7.20. The van der Waals surface area contributed by atoms with Crippen LogP contribution in [0.3, 0.4) is 0 Å². The molecule has 0 aromatic carbocycles. The van der Waals surface area contributed by atoms with Crippen LogP contribution in [0, 0.1) is 0 Å². The Morgan fingerprint density at radius 1 is 1.33 bits per heavy atom. The highest BCUT2D eigenvalue weighted by molar-refractivity contribution is 4.97. The van der Waals surface area contributed by atoms with Gasteiger partial charge in [0.15, 0.2) is 0 Å². The molecule has 1 aliphatic rings. The van der Waals surface area contributed by atoms with E-state index in [9.17, 15) is 5.11 Å². The van der Waals surface area contributed by atoms with Crippen LogP contribution in [0.4, 0.5) is 0 Å². The molecule has 1 fully saturated rings. The summed E-state index contributed by atoms with van der Waals surface area (Å²) in [7, 11) is 0. The minimum atomic E-state index is -0.0950. The average molecular weight is 257 g/mol. The molecule has 2 N–H and O–H groups in total. The van der Waals surface area contributed by atoms with Crippen LogP contribution in [0.15, 0.2) is 0 Å². The van der Waals surface area contributed by atoms with Gasteiger partial charge in [-0.15, -0.1) is 0 Å². The number of nitrogens with one attached hydrogen (secondary N) is 1. The van der Waals surface area contributed by atoms with Gasteiger partial charge in [-0.3, -0.25) is 0 Å². The van der Waals surface area contributed by atoms with Crippen molar-refractivity contribution in [3.63, 3.8) is 0 Å². The number of aliphatic hydroxyl groups excluding tert-OH is 1. The third-order valence-electron chi connectivity index (χ3n) is 3.81. The Morgan fingerprint density at radius 3 is 2.72 bits per heavy atom. The smallest absolute Gasteiger partial charge is 0.0614 e. The molecule has 0 spiro atoms. The zero-order valence-corrected chi connectivity index (χ0v) is 12.4. The van der Waals surface area contributed by atoms with Crippen molar-refractivity contribution in [1.29, 1.82) is 0 Å². The van der Waals surface area contributed by atoms with Gasteiger partial charge in [-0.2, -0.15) is 0 Å². The van der Waals surface area contributed by atoms with Crippen molar-refractivity contribution in [3.05, 3.63) is 0 Å². The molecule has 0 saturated heterocycles. The largest absolute Gasteiger partial charge is 0.394 e. The van der Waals surface area contributed by atoms with E-state index in [1.165, 1.54) is 25.7 Å². The van der Waals surface area contributed by atoms with Crippen molar-refractivity contribution < 1.29 is 9.84 Å². The number of hydrogen-bond donors (Lipinski definition) is 2. The van der Waals surface area contributed by atoms with Crippen molar-refractivity contribution in [2.24, 2.45) is 0 Å². The zero-order chi connectivity index (χ0) is 13.4. The lowest BCUT2D eigenvalue weighted by atomic mass is 9.97. The van der Waals surface area contributed by atoms with Gasteiger partial charge < -0.3 is 15.2 Å². The van der Waals surface area contributed by atoms with Crippen LogP contribution in [0.25, 0.3) is 0 Å². The minimum absolute atomic E-state index is 0.0950. The standard InChI is InChI=1S/C15H31NO2/c1-4-5-6-7-10-18-14-8-9-15(11-14,12-17)16-13(2)3/h13-14,16-17H,4-12H2,1-3H3. The van der Waals surface area contributed by atoms with E-state index in [2.05, 4.69) is 26.1 Å². The summed E-state index contributed by atoms with van der Waals surface area (Å²) in [4.78, 5) is 0. The predicted molar refractivity (Wildman–Crippen MR) is 75.8 cm³/mol. The van der Waals surface area contributed by atoms with Gasteiger partial charge in [-0.25, -0.2) is 0 Å². The fourth-order valence-electron chi connectivity index (χ4n) is 2.93. The van der Waals surface area contributed by atoms with E-state index in [1.807, 2.05) is 0 Å². The molecule has 3 heteroatoms. The van der Waals surface area contributed by atoms with Gasteiger partial charge in [0, 0.05) is 18.2 Å². The SMILES string of the molecule is CCCCCCOC1CCC(CO)(NC(C)C)C1. The Morgan fingerprint density at radius 2 is 2.11 bits per heavy atom. The second-order valence-corrected chi connectivity index (χ2v) is 6.03. The highest BCUT2D eigenvalue weighted by atomic mass is 16.5. The molecule has 18 heavy (non-hydrogen) atoms. The summed E-state index contributed by atoms with van der Waals surface area (Å²) in [6.07, 6.45) is 8.43. The quantitative estimate of drug-likeness (QED) is 0.624. The molecule has 0 amide bonds. The molecule has 0 bridgehead atoms.